The third-order valence-corrected chi connectivity index (χ3v) is 3.40. The smallest absolute Gasteiger partial charge is 0.0924 e. The molecule has 1 saturated carbocycles. The minimum absolute atomic E-state index is 0.420. The molecule has 0 spiro atoms. The predicted octanol–water partition coefficient (Wildman–Crippen LogP) is 1.99. The molecule has 1 unspecified atom stereocenters. The van der Waals surface area contributed by atoms with Gasteiger partial charge in [-0.2, -0.15) is 0 Å². The van der Waals surface area contributed by atoms with Crippen molar-refractivity contribution >= 4 is 11.5 Å². The highest BCUT2D eigenvalue weighted by Gasteiger charge is 2.23. The number of hydrogen-bond acceptors (Lipinski definition) is 4. The van der Waals surface area contributed by atoms with E-state index in [4.69, 9.17) is 0 Å². The molecule has 3 nitrogen and oxygen atoms in total. The highest BCUT2D eigenvalue weighted by atomic mass is 32.1. The molecule has 4 heteroatoms. The molecule has 1 aromatic rings. The summed E-state index contributed by atoms with van der Waals surface area (Å²) in [5.74, 6) is 0.916. The van der Waals surface area contributed by atoms with E-state index in [1.807, 2.05) is 12.4 Å². The summed E-state index contributed by atoms with van der Waals surface area (Å²) in [5, 5.41) is 9.45. The van der Waals surface area contributed by atoms with Gasteiger partial charge in [-0.15, -0.1) is 5.10 Å². The minimum atomic E-state index is 0.420. The first-order valence-corrected chi connectivity index (χ1v) is 5.68. The Bertz CT molecular complexity index is 243. The van der Waals surface area contributed by atoms with Gasteiger partial charge in [0.2, 0.25) is 0 Å². The van der Waals surface area contributed by atoms with Crippen molar-refractivity contribution in [1.82, 2.24) is 14.9 Å². The molecule has 1 aromatic heterocycles. The summed E-state index contributed by atoms with van der Waals surface area (Å²) in [4.78, 5) is 0. The van der Waals surface area contributed by atoms with Crippen molar-refractivity contribution in [2.24, 2.45) is 5.92 Å². The van der Waals surface area contributed by atoms with Gasteiger partial charge < -0.3 is 5.32 Å². The van der Waals surface area contributed by atoms with Gasteiger partial charge >= 0.3 is 0 Å². The van der Waals surface area contributed by atoms with E-state index in [0.29, 0.717) is 6.04 Å². The zero-order chi connectivity index (χ0) is 9.10. The van der Waals surface area contributed by atoms with Gasteiger partial charge in [-0.05, 0) is 30.9 Å². The maximum atomic E-state index is 4.10. The number of nitrogens with zero attached hydrogens (tertiary/aromatic N) is 2. The molecule has 0 saturated heterocycles. The molecule has 1 aliphatic rings. The van der Waals surface area contributed by atoms with Crippen LogP contribution in [0.4, 0.5) is 0 Å². The monoisotopic (exact) mass is 197 g/mol. The predicted molar refractivity (Wildman–Crippen MR) is 53.7 cm³/mol. The average Bonchev–Trinajstić information content (AvgIpc) is 2.55. The van der Waals surface area contributed by atoms with E-state index in [9.17, 15) is 0 Å². The van der Waals surface area contributed by atoms with Gasteiger partial charge in [-0.1, -0.05) is 23.8 Å². The summed E-state index contributed by atoms with van der Waals surface area (Å²) >= 11 is 1.43. The van der Waals surface area contributed by atoms with Crippen LogP contribution >= 0.6 is 11.5 Å². The second kappa shape index (κ2) is 4.15. The van der Waals surface area contributed by atoms with E-state index >= 15 is 0 Å². The molecule has 1 atom stereocenters. The number of hydrogen-bond donors (Lipinski definition) is 1. The van der Waals surface area contributed by atoms with Crippen LogP contribution < -0.4 is 5.32 Å². The van der Waals surface area contributed by atoms with E-state index in [1.165, 1.54) is 37.2 Å². The second-order valence-electron chi connectivity index (χ2n) is 3.70. The molecule has 1 aliphatic carbocycles. The first-order valence-electron chi connectivity index (χ1n) is 4.84. The van der Waals surface area contributed by atoms with Crippen molar-refractivity contribution in [3.05, 3.63) is 11.1 Å². The Morgan fingerprint density at radius 3 is 3.00 bits per heavy atom. The lowest BCUT2D eigenvalue weighted by Crippen LogP contribution is -2.23. The van der Waals surface area contributed by atoms with Gasteiger partial charge in [0.05, 0.1) is 11.7 Å². The van der Waals surface area contributed by atoms with Crippen LogP contribution in [0.2, 0.25) is 0 Å². The van der Waals surface area contributed by atoms with Crippen molar-refractivity contribution in [3.8, 4) is 0 Å². The fourth-order valence-corrected chi connectivity index (χ4v) is 2.28. The summed E-state index contributed by atoms with van der Waals surface area (Å²) < 4.78 is 3.89. The molecule has 0 bridgehead atoms. The maximum absolute atomic E-state index is 4.10. The van der Waals surface area contributed by atoms with Gasteiger partial charge in [0.15, 0.2) is 0 Å². The van der Waals surface area contributed by atoms with Crippen molar-refractivity contribution in [3.63, 3.8) is 0 Å². The van der Waals surface area contributed by atoms with Gasteiger partial charge in [-0.25, -0.2) is 0 Å². The molecule has 13 heavy (non-hydrogen) atoms. The third kappa shape index (κ3) is 2.06. The van der Waals surface area contributed by atoms with Crippen LogP contribution in [0, 0.1) is 5.92 Å². The lowest BCUT2D eigenvalue weighted by atomic mass is 9.80. The maximum Gasteiger partial charge on any atom is 0.0924 e. The molecule has 0 radical (unpaired) electrons. The van der Waals surface area contributed by atoms with E-state index < -0.39 is 0 Å². The molecule has 2 rings (SSSR count). The van der Waals surface area contributed by atoms with Crippen LogP contribution in [-0.2, 0) is 0 Å². The zero-order valence-electron chi connectivity index (χ0n) is 7.86. The molecule has 1 fully saturated rings. The molecule has 0 amide bonds. The summed E-state index contributed by atoms with van der Waals surface area (Å²) in [6.45, 7) is 0. The molecule has 0 aliphatic heterocycles. The van der Waals surface area contributed by atoms with E-state index in [1.54, 1.807) is 0 Å². The fourth-order valence-electron chi connectivity index (χ4n) is 1.77. The van der Waals surface area contributed by atoms with E-state index in [-0.39, 0.29) is 0 Å². The second-order valence-corrected chi connectivity index (χ2v) is 4.31. The molecule has 72 valence electrons. The Balaban J connectivity index is 1.92. The topological polar surface area (TPSA) is 37.8 Å². The van der Waals surface area contributed by atoms with Crippen LogP contribution in [0.5, 0.6) is 0 Å². The van der Waals surface area contributed by atoms with Crippen molar-refractivity contribution in [2.75, 3.05) is 7.05 Å². The zero-order valence-corrected chi connectivity index (χ0v) is 8.68. The molecule has 1 heterocycles. The molecular weight excluding hydrogens is 182 g/mol. The molecule has 0 aromatic carbocycles. The summed E-state index contributed by atoms with van der Waals surface area (Å²) in [5.41, 5.74) is 1.11. The number of aromatic nitrogens is 2. The highest BCUT2D eigenvalue weighted by molar-refractivity contribution is 7.03. The normalized spacial score (nSPS) is 19.8. The minimum Gasteiger partial charge on any atom is -0.312 e. The standard InChI is InChI=1S/C9H15N3S/c1-10-8(5-7-3-2-4-7)9-6-13-12-11-9/h6-8,10H,2-5H2,1H3. The lowest BCUT2D eigenvalue weighted by molar-refractivity contribution is 0.264. The van der Waals surface area contributed by atoms with Gasteiger partial charge in [0.1, 0.15) is 0 Å². The van der Waals surface area contributed by atoms with Crippen LogP contribution in [0.1, 0.15) is 37.4 Å². The van der Waals surface area contributed by atoms with Crippen molar-refractivity contribution < 1.29 is 0 Å². The van der Waals surface area contributed by atoms with Gasteiger partial charge in [-0.3, -0.25) is 0 Å². The van der Waals surface area contributed by atoms with Crippen LogP contribution in [0.25, 0.3) is 0 Å². The van der Waals surface area contributed by atoms with Crippen LogP contribution in [0.3, 0.4) is 0 Å². The Morgan fingerprint density at radius 2 is 2.54 bits per heavy atom. The summed E-state index contributed by atoms with van der Waals surface area (Å²) in [6.07, 6.45) is 5.43. The molecular formula is C9H15N3S. The Hall–Kier alpha value is -0.480. The average molecular weight is 197 g/mol. The Morgan fingerprint density at radius 1 is 1.69 bits per heavy atom. The van der Waals surface area contributed by atoms with Crippen LogP contribution in [-0.4, -0.2) is 16.6 Å². The Labute approximate surface area is 82.7 Å². The first kappa shape index (κ1) is 9.09. The van der Waals surface area contributed by atoms with E-state index in [2.05, 4.69) is 14.9 Å². The van der Waals surface area contributed by atoms with Crippen LogP contribution in [0.15, 0.2) is 5.38 Å². The fraction of sp³-hybridized carbons (Fsp3) is 0.778. The van der Waals surface area contributed by atoms with Crippen molar-refractivity contribution in [2.45, 2.75) is 31.7 Å². The quantitative estimate of drug-likeness (QED) is 0.802. The van der Waals surface area contributed by atoms with Gasteiger partial charge in [0.25, 0.3) is 0 Å². The third-order valence-electron chi connectivity index (χ3n) is 2.88. The summed E-state index contributed by atoms with van der Waals surface area (Å²) in [6, 6.07) is 0.420. The largest absolute Gasteiger partial charge is 0.312 e. The molecule has 1 N–H and O–H groups in total. The highest BCUT2D eigenvalue weighted by Crippen LogP contribution is 2.34. The SMILES string of the molecule is CNC(CC1CCC1)c1csnn1. The first-order chi connectivity index (χ1) is 6.40. The van der Waals surface area contributed by atoms with Crippen molar-refractivity contribution in [1.29, 1.82) is 0 Å². The van der Waals surface area contributed by atoms with Gasteiger partial charge in [0, 0.05) is 5.38 Å². The Kier molecular flexibility index (Phi) is 2.90. The summed E-state index contributed by atoms with van der Waals surface area (Å²) in [7, 11) is 2.00. The van der Waals surface area contributed by atoms with E-state index in [0.717, 1.165) is 11.6 Å². The lowest BCUT2D eigenvalue weighted by Gasteiger charge is -2.28. The number of rotatable bonds is 4. The number of nitrogens with one attached hydrogen (secondary N) is 1.